The van der Waals surface area contributed by atoms with Crippen molar-refractivity contribution in [3.8, 4) is 0 Å². The first-order valence-electron chi connectivity index (χ1n) is 5.19. The number of halogens is 1. The zero-order chi connectivity index (χ0) is 12.8. The van der Waals surface area contributed by atoms with Crippen molar-refractivity contribution in [2.75, 3.05) is 20.0 Å². The minimum absolute atomic E-state index is 0.0210. The van der Waals surface area contributed by atoms with Gasteiger partial charge in [0.05, 0.1) is 0 Å². The second-order valence-corrected chi connectivity index (χ2v) is 3.93. The summed E-state index contributed by atoms with van der Waals surface area (Å²) in [5, 5.41) is 2.55. The van der Waals surface area contributed by atoms with Crippen LogP contribution in [0.15, 0.2) is 24.3 Å². The molecule has 4 nitrogen and oxygen atoms in total. The van der Waals surface area contributed by atoms with Crippen LogP contribution >= 0.6 is 11.6 Å². The average Bonchev–Trinajstić information content (AvgIpc) is 2.37. The molecule has 0 heterocycles. The predicted molar refractivity (Wildman–Crippen MR) is 67.0 cm³/mol. The summed E-state index contributed by atoms with van der Waals surface area (Å²) < 4.78 is 0. The number of nitrogens with zero attached hydrogens (tertiary/aromatic N) is 1. The summed E-state index contributed by atoms with van der Waals surface area (Å²) in [6.45, 7) is 0.486. The summed E-state index contributed by atoms with van der Waals surface area (Å²) >= 11 is 5.45. The molecule has 0 spiro atoms. The fraction of sp³-hybridized carbons (Fsp3) is 0.333. The van der Waals surface area contributed by atoms with Gasteiger partial charge in [0, 0.05) is 26.2 Å². The highest BCUT2D eigenvalue weighted by Gasteiger charge is 2.08. The largest absolute Gasteiger partial charge is 0.355 e. The molecule has 0 unspecified atom stereocenters. The summed E-state index contributed by atoms with van der Waals surface area (Å²) in [6.07, 6.45) is 0. The molecule has 0 atom stereocenters. The Morgan fingerprint density at radius 1 is 1.29 bits per heavy atom. The second kappa shape index (κ2) is 6.25. The number of nitrogens with one attached hydrogen (secondary N) is 1. The molecular formula is C12H15ClN2O2. The highest BCUT2D eigenvalue weighted by Crippen LogP contribution is 2.07. The summed E-state index contributed by atoms with van der Waals surface area (Å²) in [5.74, 6) is -0.268. The zero-order valence-electron chi connectivity index (χ0n) is 9.87. The Hall–Kier alpha value is -1.55. The molecule has 92 valence electrons. The number of amides is 2. The maximum atomic E-state index is 11.3. The van der Waals surface area contributed by atoms with Crippen LogP contribution in [-0.4, -0.2) is 36.7 Å². The number of hydrogen-bond donors (Lipinski definition) is 1. The molecule has 2 amide bonds. The van der Waals surface area contributed by atoms with E-state index in [0.29, 0.717) is 12.1 Å². The van der Waals surface area contributed by atoms with Gasteiger partial charge in [-0.25, -0.2) is 0 Å². The van der Waals surface area contributed by atoms with E-state index in [1.807, 2.05) is 12.1 Å². The van der Waals surface area contributed by atoms with Gasteiger partial charge in [0.2, 0.25) is 5.91 Å². The van der Waals surface area contributed by atoms with Crippen LogP contribution in [0.3, 0.4) is 0 Å². The first-order valence-corrected chi connectivity index (χ1v) is 5.73. The molecule has 0 saturated heterocycles. The highest BCUT2D eigenvalue weighted by atomic mass is 35.5. The van der Waals surface area contributed by atoms with E-state index >= 15 is 0 Å². The lowest BCUT2D eigenvalue weighted by molar-refractivity contribution is -0.127. The van der Waals surface area contributed by atoms with Crippen molar-refractivity contribution in [3.05, 3.63) is 35.4 Å². The molecule has 0 aliphatic heterocycles. The minimum atomic E-state index is -0.123. The topological polar surface area (TPSA) is 49.4 Å². The van der Waals surface area contributed by atoms with Crippen LogP contribution in [0.25, 0.3) is 0 Å². The molecule has 0 bridgehead atoms. The van der Waals surface area contributed by atoms with Crippen molar-refractivity contribution >= 4 is 23.4 Å². The van der Waals surface area contributed by atoms with Gasteiger partial charge in [-0.15, -0.1) is 11.6 Å². The molecule has 1 aromatic rings. The first kappa shape index (κ1) is 13.5. The van der Waals surface area contributed by atoms with Gasteiger partial charge < -0.3 is 10.2 Å². The SMILES string of the molecule is CNC(=O)c1ccc(CN(C)C(=O)CCl)cc1. The van der Waals surface area contributed by atoms with Crippen LogP contribution in [-0.2, 0) is 11.3 Å². The van der Waals surface area contributed by atoms with E-state index in [1.54, 1.807) is 31.1 Å². The fourth-order valence-electron chi connectivity index (χ4n) is 1.37. The van der Waals surface area contributed by atoms with Crippen LogP contribution in [0.5, 0.6) is 0 Å². The van der Waals surface area contributed by atoms with Gasteiger partial charge >= 0.3 is 0 Å². The van der Waals surface area contributed by atoms with Gasteiger partial charge in [-0.05, 0) is 17.7 Å². The van der Waals surface area contributed by atoms with Crippen molar-refractivity contribution < 1.29 is 9.59 Å². The van der Waals surface area contributed by atoms with Crippen LogP contribution in [0, 0.1) is 0 Å². The fourth-order valence-corrected chi connectivity index (χ4v) is 1.57. The Morgan fingerprint density at radius 3 is 2.35 bits per heavy atom. The normalized spacial score (nSPS) is 9.82. The van der Waals surface area contributed by atoms with Crippen LogP contribution < -0.4 is 5.32 Å². The zero-order valence-corrected chi connectivity index (χ0v) is 10.6. The Bertz CT molecular complexity index is 403. The number of benzene rings is 1. The average molecular weight is 255 g/mol. The number of alkyl halides is 1. The number of hydrogen-bond acceptors (Lipinski definition) is 2. The molecule has 0 aromatic heterocycles. The number of carbonyl (C=O) groups excluding carboxylic acids is 2. The maximum absolute atomic E-state index is 11.3. The van der Waals surface area contributed by atoms with Crippen LogP contribution in [0.1, 0.15) is 15.9 Å². The monoisotopic (exact) mass is 254 g/mol. The lowest BCUT2D eigenvalue weighted by Crippen LogP contribution is -2.27. The summed E-state index contributed by atoms with van der Waals surface area (Å²) in [7, 11) is 3.28. The lowest BCUT2D eigenvalue weighted by atomic mass is 10.1. The van der Waals surface area contributed by atoms with Gasteiger partial charge in [0.25, 0.3) is 5.91 Å². The summed E-state index contributed by atoms with van der Waals surface area (Å²) in [5.41, 5.74) is 1.56. The predicted octanol–water partition coefficient (Wildman–Crippen LogP) is 1.24. The van der Waals surface area contributed by atoms with Crippen molar-refractivity contribution in [3.63, 3.8) is 0 Å². The van der Waals surface area contributed by atoms with Crippen molar-refractivity contribution in [2.45, 2.75) is 6.54 Å². The van der Waals surface area contributed by atoms with E-state index in [2.05, 4.69) is 5.32 Å². The minimum Gasteiger partial charge on any atom is -0.355 e. The Morgan fingerprint density at radius 2 is 1.88 bits per heavy atom. The summed E-state index contributed by atoms with van der Waals surface area (Å²) in [4.78, 5) is 24.1. The first-order chi connectivity index (χ1) is 8.08. The van der Waals surface area contributed by atoms with E-state index in [4.69, 9.17) is 11.6 Å². The quantitative estimate of drug-likeness (QED) is 0.822. The number of carbonyl (C=O) groups is 2. The Labute approximate surface area is 106 Å². The molecule has 0 aliphatic carbocycles. The van der Waals surface area contributed by atoms with E-state index in [9.17, 15) is 9.59 Å². The molecule has 17 heavy (non-hydrogen) atoms. The van der Waals surface area contributed by atoms with Gasteiger partial charge in [0.1, 0.15) is 5.88 Å². The molecule has 1 aromatic carbocycles. The van der Waals surface area contributed by atoms with E-state index in [1.165, 1.54) is 0 Å². The molecule has 5 heteroatoms. The molecule has 0 aliphatic rings. The molecule has 0 saturated carbocycles. The molecule has 1 rings (SSSR count). The van der Waals surface area contributed by atoms with Crippen molar-refractivity contribution in [2.24, 2.45) is 0 Å². The smallest absolute Gasteiger partial charge is 0.251 e. The van der Waals surface area contributed by atoms with Crippen LogP contribution in [0.2, 0.25) is 0 Å². The highest BCUT2D eigenvalue weighted by molar-refractivity contribution is 6.27. The molecule has 1 N–H and O–H groups in total. The van der Waals surface area contributed by atoms with Gasteiger partial charge in [-0.2, -0.15) is 0 Å². The maximum Gasteiger partial charge on any atom is 0.251 e. The van der Waals surface area contributed by atoms with E-state index in [0.717, 1.165) is 5.56 Å². The Kier molecular flexibility index (Phi) is 4.97. The molecular weight excluding hydrogens is 240 g/mol. The van der Waals surface area contributed by atoms with Gasteiger partial charge in [-0.1, -0.05) is 12.1 Å². The van der Waals surface area contributed by atoms with Gasteiger partial charge in [-0.3, -0.25) is 9.59 Å². The van der Waals surface area contributed by atoms with Gasteiger partial charge in [0.15, 0.2) is 0 Å². The third-order valence-electron chi connectivity index (χ3n) is 2.40. The molecule has 0 fully saturated rings. The molecule has 0 radical (unpaired) electrons. The third-order valence-corrected chi connectivity index (χ3v) is 2.63. The number of rotatable bonds is 4. The van der Waals surface area contributed by atoms with Crippen molar-refractivity contribution in [1.82, 2.24) is 10.2 Å². The standard InChI is InChI=1S/C12H15ClN2O2/c1-14-12(17)10-5-3-9(4-6-10)8-15(2)11(16)7-13/h3-6H,7-8H2,1-2H3,(H,14,17). The lowest BCUT2D eigenvalue weighted by Gasteiger charge is -2.15. The van der Waals surface area contributed by atoms with Crippen molar-refractivity contribution in [1.29, 1.82) is 0 Å². The summed E-state index contributed by atoms with van der Waals surface area (Å²) in [6, 6.07) is 7.10. The van der Waals surface area contributed by atoms with E-state index in [-0.39, 0.29) is 17.7 Å². The second-order valence-electron chi connectivity index (χ2n) is 3.66. The Balaban J connectivity index is 2.68. The van der Waals surface area contributed by atoms with E-state index < -0.39 is 0 Å². The third kappa shape index (κ3) is 3.75. The van der Waals surface area contributed by atoms with Crippen LogP contribution in [0.4, 0.5) is 0 Å².